The van der Waals surface area contributed by atoms with Gasteiger partial charge in [-0.1, -0.05) is 0 Å². The number of nitrogens with one attached hydrogen (secondary N) is 1. The van der Waals surface area contributed by atoms with Crippen molar-refractivity contribution in [1.29, 1.82) is 0 Å². The van der Waals surface area contributed by atoms with E-state index in [2.05, 4.69) is 26.2 Å². The smallest absolute Gasteiger partial charge is 0.312 e. The fourth-order valence-electron chi connectivity index (χ4n) is 2.25. The molecule has 1 aliphatic rings. The van der Waals surface area contributed by atoms with Gasteiger partial charge in [0.15, 0.2) is 5.13 Å². The Bertz CT molecular complexity index is 735. The minimum absolute atomic E-state index is 0.0324. The van der Waals surface area contributed by atoms with E-state index in [0.29, 0.717) is 23.7 Å². The van der Waals surface area contributed by atoms with E-state index in [1.54, 1.807) is 0 Å². The second-order valence-corrected chi connectivity index (χ2v) is 6.57. The molecular weight excluding hydrogens is 366 g/mol. The van der Waals surface area contributed by atoms with Crippen LogP contribution in [0.5, 0.6) is 0 Å². The molecule has 0 spiro atoms. The van der Waals surface area contributed by atoms with Crippen LogP contribution in [0.25, 0.3) is 0 Å². The summed E-state index contributed by atoms with van der Waals surface area (Å²) in [5.41, 5.74) is 0.489. The van der Waals surface area contributed by atoms with Crippen molar-refractivity contribution in [2.24, 2.45) is 0 Å². The van der Waals surface area contributed by atoms with Gasteiger partial charge >= 0.3 is 5.97 Å². The first-order valence-electron chi connectivity index (χ1n) is 6.09. The molecule has 0 aliphatic heterocycles. The number of fused-ring (bicyclic) bond motifs is 1. The van der Waals surface area contributed by atoms with Crippen LogP contribution in [0.3, 0.4) is 0 Å². The van der Waals surface area contributed by atoms with Crippen molar-refractivity contribution < 1.29 is 18.7 Å². The molecule has 1 atom stereocenters. The third kappa shape index (κ3) is 2.65. The third-order valence-electron chi connectivity index (χ3n) is 3.27. The first kappa shape index (κ1) is 14.4. The molecule has 110 valence electrons. The van der Waals surface area contributed by atoms with E-state index in [0.717, 1.165) is 17.0 Å². The number of rotatable bonds is 3. The molecule has 0 radical (unpaired) electrons. The predicted octanol–water partition coefficient (Wildman–Crippen LogP) is 4.04. The van der Waals surface area contributed by atoms with Crippen LogP contribution in [-0.4, -0.2) is 16.1 Å². The van der Waals surface area contributed by atoms with E-state index < -0.39 is 23.5 Å². The van der Waals surface area contributed by atoms with Gasteiger partial charge in [0.05, 0.1) is 15.9 Å². The van der Waals surface area contributed by atoms with Crippen LogP contribution in [0.4, 0.5) is 19.6 Å². The average Bonchev–Trinajstić information content (AvgIpc) is 2.95. The molecule has 1 heterocycles. The van der Waals surface area contributed by atoms with Gasteiger partial charge in [0.1, 0.15) is 17.6 Å². The Morgan fingerprint density at radius 3 is 2.90 bits per heavy atom. The highest BCUT2D eigenvalue weighted by atomic mass is 79.9. The number of thiazole rings is 1. The maximum absolute atomic E-state index is 13.7. The molecule has 1 aromatic heterocycles. The normalized spacial score (nSPS) is 16.8. The summed E-state index contributed by atoms with van der Waals surface area (Å²) in [6.07, 6.45) is 1.17. The van der Waals surface area contributed by atoms with Crippen LogP contribution in [0.1, 0.15) is 22.9 Å². The molecule has 2 aromatic rings. The number of halogens is 3. The summed E-state index contributed by atoms with van der Waals surface area (Å²) in [6.45, 7) is 0. The molecule has 1 aromatic carbocycles. The van der Waals surface area contributed by atoms with Crippen molar-refractivity contribution in [2.75, 3.05) is 5.32 Å². The lowest BCUT2D eigenvalue weighted by Crippen LogP contribution is -2.08. The molecule has 0 amide bonds. The quantitative estimate of drug-likeness (QED) is 0.795. The van der Waals surface area contributed by atoms with Crippen molar-refractivity contribution in [3.05, 3.63) is 38.8 Å². The standard InChI is InChI=1S/C13H9BrF2N2O2S/c14-6-3-8(16)9(4-7(6)15)17-13-18-11-5(12(19)20)1-2-10(11)21-13/h3-5H,1-2H2,(H,17,18)(H,19,20). The monoisotopic (exact) mass is 374 g/mol. The number of aryl methyl sites for hydroxylation is 1. The summed E-state index contributed by atoms with van der Waals surface area (Å²) in [7, 11) is 0. The highest BCUT2D eigenvalue weighted by Crippen LogP contribution is 2.39. The Hall–Kier alpha value is -1.54. The Morgan fingerprint density at radius 1 is 1.43 bits per heavy atom. The molecule has 3 rings (SSSR count). The van der Waals surface area contributed by atoms with E-state index in [1.807, 2.05) is 0 Å². The van der Waals surface area contributed by atoms with Crippen molar-refractivity contribution >= 4 is 44.1 Å². The molecule has 1 unspecified atom stereocenters. The minimum Gasteiger partial charge on any atom is -0.481 e. The Kier molecular flexibility index (Phi) is 3.66. The fraction of sp³-hybridized carbons (Fsp3) is 0.231. The van der Waals surface area contributed by atoms with Gasteiger partial charge in [-0.05, 0) is 34.8 Å². The van der Waals surface area contributed by atoms with Crippen LogP contribution < -0.4 is 5.32 Å². The van der Waals surface area contributed by atoms with Gasteiger partial charge in [-0.2, -0.15) is 0 Å². The van der Waals surface area contributed by atoms with Crippen LogP contribution in [0, 0.1) is 11.6 Å². The molecule has 0 fully saturated rings. The number of aromatic nitrogens is 1. The zero-order valence-electron chi connectivity index (χ0n) is 10.5. The van der Waals surface area contributed by atoms with Crippen molar-refractivity contribution in [1.82, 2.24) is 4.98 Å². The number of carbonyl (C=O) groups is 1. The topological polar surface area (TPSA) is 62.2 Å². The number of nitrogens with zero attached hydrogens (tertiary/aromatic N) is 1. The SMILES string of the molecule is O=C(O)C1CCc2sc(Nc3cc(F)c(Br)cc3F)nc21. The lowest BCUT2D eigenvalue weighted by Gasteiger charge is -2.06. The van der Waals surface area contributed by atoms with Gasteiger partial charge in [-0.15, -0.1) is 11.3 Å². The maximum atomic E-state index is 13.7. The Labute approximate surface area is 131 Å². The number of carboxylic acids is 1. The number of benzene rings is 1. The van der Waals surface area contributed by atoms with Gasteiger partial charge in [0.2, 0.25) is 0 Å². The van der Waals surface area contributed by atoms with Crippen LogP contribution >= 0.6 is 27.3 Å². The minimum atomic E-state index is -0.911. The molecule has 0 saturated carbocycles. The van der Waals surface area contributed by atoms with E-state index in [4.69, 9.17) is 5.11 Å². The lowest BCUT2D eigenvalue weighted by atomic mass is 10.1. The van der Waals surface area contributed by atoms with E-state index in [9.17, 15) is 13.6 Å². The first-order chi connectivity index (χ1) is 9.95. The van der Waals surface area contributed by atoms with E-state index in [1.165, 1.54) is 11.3 Å². The molecule has 4 nitrogen and oxygen atoms in total. The number of hydrogen-bond acceptors (Lipinski definition) is 4. The highest BCUT2D eigenvalue weighted by Gasteiger charge is 2.32. The Balaban J connectivity index is 1.89. The van der Waals surface area contributed by atoms with Gasteiger partial charge in [0, 0.05) is 10.9 Å². The average molecular weight is 375 g/mol. The molecule has 0 bridgehead atoms. The summed E-state index contributed by atoms with van der Waals surface area (Å²) in [6, 6.07) is 2.06. The van der Waals surface area contributed by atoms with Crippen LogP contribution in [0.2, 0.25) is 0 Å². The van der Waals surface area contributed by atoms with Gasteiger partial charge in [-0.25, -0.2) is 13.8 Å². The number of anilines is 2. The third-order valence-corrected chi connectivity index (χ3v) is 4.92. The highest BCUT2D eigenvalue weighted by molar-refractivity contribution is 9.10. The summed E-state index contributed by atoms with van der Waals surface area (Å²) in [5, 5.41) is 12.2. The number of hydrogen-bond donors (Lipinski definition) is 2. The molecule has 21 heavy (non-hydrogen) atoms. The zero-order valence-corrected chi connectivity index (χ0v) is 12.9. The second-order valence-electron chi connectivity index (χ2n) is 4.63. The lowest BCUT2D eigenvalue weighted by molar-refractivity contribution is -0.138. The van der Waals surface area contributed by atoms with Crippen LogP contribution in [-0.2, 0) is 11.2 Å². The van der Waals surface area contributed by atoms with Gasteiger partial charge in [0.25, 0.3) is 0 Å². The van der Waals surface area contributed by atoms with Crippen LogP contribution in [0.15, 0.2) is 16.6 Å². The Morgan fingerprint density at radius 2 is 2.19 bits per heavy atom. The van der Waals surface area contributed by atoms with Gasteiger partial charge < -0.3 is 10.4 Å². The van der Waals surface area contributed by atoms with Gasteiger partial charge in [-0.3, -0.25) is 4.79 Å². The summed E-state index contributed by atoms with van der Waals surface area (Å²) in [4.78, 5) is 16.2. The van der Waals surface area contributed by atoms with Crippen molar-refractivity contribution in [2.45, 2.75) is 18.8 Å². The fourth-order valence-corrected chi connectivity index (χ4v) is 3.62. The maximum Gasteiger partial charge on any atom is 0.312 e. The molecule has 8 heteroatoms. The predicted molar refractivity (Wildman–Crippen MR) is 78.2 cm³/mol. The summed E-state index contributed by atoms with van der Waals surface area (Å²) < 4.78 is 27.2. The first-order valence-corrected chi connectivity index (χ1v) is 7.70. The molecule has 0 saturated heterocycles. The second kappa shape index (κ2) is 5.34. The zero-order chi connectivity index (χ0) is 15.1. The molecular formula is C13H9BrF2N2O2S. The van der Waals surface area contributed by atoms with E-state index in [-0.39, 0.29) is 10.2 Å². The number of carboxylic acid groups (broad SMARTS) is 1. The van der Waals surface area contributed by atoms with E-state index >= 15 is 0 Å². The molecule has 2 N–H and O–H groups in total. The molecule has 1 aliphatic carbocycles. The largest absolute Gasteiger partial charge is 0.481 e. The number of aliphatic carboxylic acids is 1. The van der Waals surface area contributed by atoms with Crippen molar-refractivity contribution in [3.8, 4) is 0 Å². The summed E-state index contributed by atoms with van der Waals surface area (Å²) in [5.74, 6) is -2.73. The van der Waals surface area contributed by atoms with Crippen molar-refractivity contribution in [3.63, 3.8) is 0 Å². The summed E-state index contributed by atoms with van der Waals surface area (Å²) >= 11 is 4.17.